The molecule has 0 saturated carbocycles. The van der Waals surface area contributed by atoms with Crippen LogP contribution in [0.4, 0.5) is 0 Å². The van der Waals surface area contributed by atoms with Crippen LogP contribution in [0.2, 0.25) is 0 Å². The number of aliphatic hydroxyl groups excluding tert-OH is 1. The number of rotatable bonds is 5. The number of hydrogen-bond acceptors (Lipinski definition) is 4. The van der Waals surface area contributed by atoms with Gasteiger partial charge in [-0.15, -0.1) is 0 Å². The molecule has 0 aliphatic rings. The summed E-state index contributed by atoms with van der Waals surface area (Å²) in [6.07, 6.45) is 0.971. The van der Waals surface area contributed by atoms with Crippen LogP contribution in [0.3, 0.4) is 0 Å². The summed E-state index contributed by atoms with van der Waals surface area (Å²) in [6.45, 7) is 6.14. The van der Waals surface area contributed by atoms with Gasteiger partial charge in [0.2, 0.25) is 0 Å². The zero-order valence-electron chi connectivity index (χ0n) is 11.4. The fourth-order valence-corrected chi connectivity index (χ4v) is 1.91. The quantitative estimate of drug-likeness (QED) is 0.898. The maximum absolute atomic E-state index is 9.69. The van der Waals surface area contributed by atoms with E-state index in [1.54, 1.807) is 6.92 Å². The van der Waals surface area contributed by atoms with Gasteiger partial charge in [-0.1, -0.05) is 18.2 Å². The number of ether oxygens (including phenoxy) is 1. The molecule has 1 heterocycles. The minimum absolute atomic E-state index is 0.244. The normalized spacial score (nSPS) is 12.7. The molecular formula is C14H19N3O2. The number of aliphatic hydroxyl groups is 1. The van der Waals surface area contributed by atoms with Gasteiger partial charge in [0.05, 0.1) is 6.10 Å². The molecule has 0 saturated heterocycles. The predicted molar refractivity (Wildman–Crippen MR) is 71.8 cm³/mol. The smallest absolute Gasteiger partial charge is 0.165 e. The number of benzene rings is 1. The van der Waals surface area contributed by atoms with Crippen molar-refractivity contribution in [2.45, 2.75) is 39.5 Å². The highest BCUT2D eigenvalue weighted by Gasteiger charge is 2.11. The van der Waals surface area contributed by atoms with Gasteiger partial charge in [0, 0.05) is 11.6 Å². The third kappa shape index (κ3) is 3.12. The molecule has 2 aromatic rings. The zero-order valence-corrected chi connectivity index (χ0v) is 11.4. The first kappa shape index (κ1) is 13.5. The van der Waals surface area contributed by atoms with Gasteiger partial charge in [0.15, 0.2) is 5.82 Å². The van der Waals surface area contributed by atoms with Gasteiger partial charge in [0.25, 0.3) is 0 Å². The topological polar surface area (TPSA) is 60.2 Å². The maximum atomic E-state index is 9.69. The van der Waals surface area contributed by atoms with E-state index in [1.165, 1.54) is 6.33 Å². The SMILES string of the molecule is CC(O)c1ccccc1OCc1ncnn1C(C)C. The van der Waals surface area contributed by atoms with Crippen molar-refractivity contribution in [2.24, 2.45) is 0 Å². The lowest BCUT2D eigenvalue weighted by molar-refractivity contribution is 0.188. The third-order valence-electron chi connectivity index (χ3n) is 2.86. The molecule has 0 aliphatic heterocycles. The van der Waals surface area contributed by atoms with E-state index < -0.39 is 6.10 Å². The molecular weight excluding hydrogens is 242 g/mol. The summed E-state index contributed by atoms with van der Waals surface area (Å²) in [6, 6.07) is 7.71. The maximum Gasteiger partial charge on any atom is 0.165 e. The molecule has 5 nitrogen and oxygen atoms in total. The Balaban J connectivity index is 2.13. The lowest BCUT2D eigenvalue weighted by Gasteiger charge is -2.14. The van der Waals surface area contributed by atoms with Crippen molar-refractivity contribution < 1.29 is 9.84 Å². The molecule has 1 aromatic carbocycles. The summed E-state index contributed by atoms with van der Waals surface area (Å²) >= 11 is 0. The Morgan fingerprint density at radius 2 is 2.00 bits per heavy atom. The lowest BCUT2D eigenvalue weighted by atomic mass is 10.1. The average molecular weight is 261 g/mol. The van der Waals surface area contributed by atoms with Crippen LogP contribution in [0.15, 0.2) is 30.6 Å². The highest BCUT2D eigenvalue weighted by atomic mass is 16.5. The van der Waals surface area contributed by atoms with Gasteiger partial charge in [-0.3, -0.25) is 0 Å². The summed E-state index contributed by atoms with van der Waals surface area (Å²) < 4.78 is 7.57. The van der Waals surface area contributed by atoms with E-state index in [2.05, 4.69) is 10.1 Å². The van der Waals surface area contributed by atoms with Crippen LogP contribution in [0.5, 0.6) is 5.75 Å². The van der Waals surface area contributed by atoms with E-state index in [0.717, 1.165) is 11.4 Å². The lowest BCUT2D eigenvalue weighted by Crippen LogP contribution is -2.11. The third-order valence-corrected chi connectivity index (χ3v) is 2.86. The molecule has 0 radical (unpaired) electrons. The molecule has 0 amide bonds. The largest absolute Gasteiger partial charge is 0.485 e. The Hall–Kier alpha value is -1.88. The van der Waals surface area contributed by atoms with Crippen molar-refractivity contribution in [3.8, 4) is 5.75 Å². The van der Waals surface area contributed by atoms with Crippen molar-refractivity contribution >= 4 is 0 Å². The Morgan fingerprint density at radius 1 is 1.26 bits per heavy atom. The Bertz CT molecular complexity index is 535. The summed E-state index contributed by atoms with van der Waals surface area (Å²) in [4.78, 5) is 4.19. The fourth-order valence-electron chi connectivity index (χ4n) is 1.91. The molecule has 0 bridgehead atoms. The Labute approximate surface area is 112 Å². The molecule has 0 spiro atoms. The van der Waals surface area contributed by atoms with Gasteiger partial charge in [0.1, 0.15) is 18.7 Å². The van der Waals surface area contributed by atoms with Crippen LogP contribution in [-0.4, -0.2) is 19.9 Å². The van der Waals surface area contributed by atoms with Crippen LogP contribution >= 0.6 is 0 Å². The Kier molecular flexibility index (Phi) is 4.16. The summed E-state index contributed by atoms with van der Waals surface area (Å²) in [5, 5.41) is 13.9. The molecule has 102 valence electrons. The summed E-state index contributed by atoms with van der Waals surface area (Å²) in [5.41, 5.74) is 0.776. The minimum atomic E-state index is -0.556. The molecule has 19 heavy (non-hydrogen) atoms. The molecule has 1 N–H and O–H groups in total. The van der Waals surface area contributed by atoms with E-state index in [1.807, 2.05) is 42.8 Å². The van der Waals surface area contributed by atoms with Crippen molar-refractivity contribution in [1.29, 1.82) is 0 Å². The highest BCUT2D eigenvalue weighted by molar-refractivity contribution is 5.34. The van der Waals surface area contributed by atoms with Crippen LogP contribution in [-0.2, 0) is 6.61 Å². The number of para-hydroxylation sites is 1. The molecule has 1 atom stereocenters. The second-order valence-corrected chi connectivity index (χ2v) is 4.72. The van der Waals surface area contributed by atoms with E-state index >= 15 is 0 Å². The van der Waals surface area contributed by atoms with E-state index in [9.17, 15) is 5.11 Å². The zero-order chi connectivity index (χ0) is 13.8. The standard InChI is InChI=1S/C14H19N3O2/c1-10(2)17-14(15-9-16-17)8-19-13-7-5-4-6-12(13)11(3)18/h4-7,9-11,18H,8H2,1-3H3. The molecule has 0 aliphatic carbocycles. The van der Waals surface area contributed by atoms with Gasteiger partial charge < -0.3 is 9.84 Å². The average Bonchev–Trinajstić information content (AvgIpc) is 2.85. The van der Waals surface area contributed by atoms with Crippen molar-refractivity contribution in [2.75, 3.05) is 0 Å². The second-order valence-electron chi connectivity index (χ2n) is 4.72. The first-order valence-electron chi connectivity index (χ1n) is 6.37. The van der Waals surface area contributed by atoms with Crippen molar-refractivity contribution in [3.05, 3.63) is 42.0 Å². The highest BCUT2D eigenvalue weighted by Crippen LogP contribution is 2.25. The molecule has 1 aromatic heterocycles. The second kappa shape index (κ2) is 5.84. The van der Waals surface area contributed by atoms with Gasteiger partial charge in [-0.05, 0) is 26.8 Å². The van der Waals surface area contributed by atoms with Gasteiger partial charge in [-0.2, -0.15) is 5.10 Å². The van der Waals surface area contributed by atoms with E-state index in [4.69, 9.17) is 4.74 Å². The first-order valence-corrected chi connectivity index (χ1v) is 6.37. The molecule has 2 rings (SSSR count). The van der Waals surface area contributed by atoms with Crippen LogP contribution in [0.1, 0.15) is 44.3 Å². The van der Waals surface area contributed by atoms with E-state index in [-0.39, 0.29) is 6.04 Å². The monoisotopic (exact) mass is 261 g/mol. The van der Waals surface area contributed by atoms with Gasteiger partial charge >= 0.3 is 0 Å². The Morgan fingerprint density at radius 3 is 2.68 bits per heavy atom. The minimum Gasteiger partial charge on any atom is -0.485 e. The number of hydrogen-bond donors (Lipinski definition) is 1. The fraction of sp³-hybridized carbons (Fsp3) is 0.429. The van der Waals surface area contributed by atoms with Crippen LogP contribution < -0.4 is 4.74 Å². The molecule has 5 heteroatoms. The number of nitrogens with zero attached hydrogens (tertiary/aromatic N) is 3. The van der Waals surface area contributed by atoms with Crippen LogP contribution in [0.25, 0.3) is 0 Å². The van der Waals surface area contributed by atoms with E-state index in [0.29, 0.717) is 12.4 Å². The predicted octanol–water partition coefficient (Wildman–Crippen LogP) is 2.49. The molecule has 0 fully saturated rings. The summed E-state index contributed by atoms with van der Waals surface area (Å²) in [7, 11) is 0. The first-order chi connectivity index (χ1) is 9.09. The summed E-state index contributed by atoms with van der Waals surface area (Å²) in [5.74, 6) is 1.45. The van der Waals surface area contributed by atoms with Crippen LogP contribution in [0, 0.1) is 0 Å². The van der Waals surface area contributed by atoms with Crippen molar-refractivity contribution in [3.63, 3.8) is 0 Å². The number of aromatic nitrogens is 3. The van der Waals surface area contributed by atoms with Crippen molar-refractivity contribution in [1.82, 2.24) is 14.8 Å². The van der Waals surface area contributed by atoms with Gasteiger partial charge in [-0.25, -0.2) is 9.67 Å². The molecule has 1 unspecified atom stereocenters.